The lowest BCUT2D eigenvalue weighted by molar-refractivity contribution is -0.127. The third kappa shape index (κ3) is 5.31. The van der Waals surface area contributed by atoms with Gasteiger partial charge >= 0.3 is 0 Å². The van der Waals surface area contributed by atoms with Crippen molar-refractivity contribution in [1.82, 2.24) is 10.2 Å². The zero-order chi connectivity index (χ0) is 13.9. The molecule has 0 saturated heterocycles. The topological polar surface area (TPSA) is 58.4 Å². The van der Waals surface area contributed by atoms with Crippen LogP contribution >= 0.6 is 12.2 Å². The summed E-state index contributed by atoms with van der Waals surface area (Å²) < 4.78 is 0. The number of thiocarbonyl (C=S) groups is 1. The van der Waals surface area contributed by atoms with Crippen LogP contribution in [0.25, 0.3) is 0 Å². The van der Waals surface area contributed by atoms with E-state index < -0.39 is 0 Å². The Morgan fingerprint density at radius 2 is 2.06 bits per heavy atom. The molecule has 1 fully saturated rings. The molecule has 1 atom stereocenters. The highest BCUT2D eigenvalue weighted by atomic mass is 32.1. The summed E-state index contributed by atoms with van der Waals surface area (Å²) in [6.07, 6.45) is 3.02. The van der Waals surface area contributed by atoms with Gasteiger partial charge in [-0.3, -0.25) is 9.69 Å². The number of nitrogens with one attached hydrogen (secondary N) is 1. The van der Waals surface area contributed by atoms with Gasteiger partial charge in [0.15, 0.2) is 0 Å². The predicted molar refractivity (Wildman–Crippen MR) is 78.5 cm³/mol. The fourth-order valence-corrected chi connectivity index (χ4v) is 2.05. The highest BCUT2D eigenvalue weighted by Crippen LogP contribution is 2.28. The van der Waals surface area contributed by atoms with Crippen LogP contribution in [-0.4, -0.2) is 40.0 Å². The van der Waals surface area contributed by atoms with Crippen LogP contribution in [0.5, 0.6) is 0 Å². The van der Waals surface area contributed by atoms with Crippen LogP contribution in [0.1, 0.15) is 47.0 Å². The summed E-state index contributed by atoms with van der Waals surface area (Å²) >= 11 is 4.91. The summed E-state index contributed by atoms with van der Waals surface area (Å²) in [6, 6.07) is 0.408. The molecule has 18 heavy (non-hydrogen) atoms. The maximum Gasteiger partial charge on any atom is 0.237 e. The molecule has 1 saturated carbocycles. The van der Waals surface area contributed by atoms with Crippen LogP contribution in [0.4, 0.5) is 0 Å². The molecule has 1 aliphatic carbocycles. The van der Waals surface area contributed by atoms with E-state index in [2.05, 4.69) is 10.2 Å². The number of hydrogen-bond donors (Lipinski definition) is 2. The van der Waals surface area contributed by atoms with Gasteiger partial charge in [0.25, 0.3) is 0 Å². The number of nitrogens with zero attached hydrogens (tertiary/aromatic N) is 1. The molecule has 0 aromatic rings. The Hall–Kier alpha value is -0.680. The summed E-state index contributed by atoms with van der Waals surface area (Å²) in [6.45, 7) is 8.72. The molecule has 5 heteroatoms. The molecule has 0 heterocycles. The third-order valence-corrected chi connectivity index (χ3v) is 3.21. The second kappa shape index (κ2) is 5.97. The fraction of sp³-hybridized carbons (Fsp3) is 0.846. The van der Waals surface area contributed by atoms with Crippen LogP contribution in [0, 0.1) is 0 Å². The van der Waals surface area contributed by atoms with Gasteiger partial charge in [-0.2, -0.15) is 0 Å². The van der Waals surface area contributed by atoms with Crippen molar-refractivity contribution in [2.45, 2.75) is 64.6 Å². The summed E-state index contributed by atoms with van der Waals surface area (Å²) in [5.41, 5.74) is 5.35. The second-order valence-corrected chi connectivity index (χ2v) is 6.62. The lowest BCUT2D eigenvalue weighted by Crippen LogP contribution is -2.52. The Morgan fingerprint density at radius 1 is 1.50 bits per heavy atom. The van der Waals surface area contributed by atoms with Crippen molar-refractivity contribution in [3.05, 3.63) is 0 Å². The van der Waals surface area contributed by atoms with E-state index in [1.807, 2.05) is 27.7 Å². The molecule has 1 rings (SSSR count). The number of hydrogen-bond acceptors (Lipinski definition) is 3. The molecule has 104 valence electrons. The van der Waals surface area contributed by atoms with Crippen molar-refractivity contribution in [2.75, 3.05) is 6.54 Å². The van der Waals surface area contributed by atoms with Gasteiger partial charge in [-0.1, -0.05) is 12.2 Å². The summed E-state index contributed by atoms with van der Waals surface area (Å²) in [7, 11) is 0. The first-order chi connectivity index (χ1) is 8.20. The fourth-order valence-electron chi connectivity index (χ4n) is 1.96. The standard InChI is InChI=1S/C13H25N3OS/c1-9(12(17)15-13(2,3)4)16(10-5-6-10)8-7-11(14)18/h9-10H,5-8H2,1-4H3,(H2,14,18)(H,15,17). The first-order valence-corrected chi connectivity index (χ1v) is 6.97. The third-order valence-electron chi connectivity index (χ3n) is 3.01. The second-order valence-electron chi connectivity index (χ2n) is 6.10. The molecule has 3 N–H and O–H groups in total. The van der Waals surface area contributed by atoms with E-state index in [9.17, 15) is 4.79 Å². The number of rotatable bonds is 6. The molecular weight excluding hydrogens is 246 g/mol. The van der Waals surface area contributed by atoms with Crippen molar-refractivity contribution >= 4 is 23.1 Å². The molecule has 1 unspecified atom stereocenters. The van der Waals surface area contributed by atoms with Crippen molar-refractivity contribution in [3.63, 3.8) is 0 Å². The molecular formula is C13H25N3OS. The van der Waals surface area contributed by atoms with Gasteiger partial charge in [0.1, 0.15) is 0 Å². The monoisotopic (exact) mass is 271 g/mol. The van der Waals surface area contributed by atoms with E-state index in [4.69, 9.17) is 18.0 Å². The van der Waals surface area contributed by atoms with Crippen molar-refractivity contribution < 1.29 is 4.79 Å². The normalized spacial score (nSPS) is 17.6. The quantitative estimate of drug-likeness (QED) is 0.718. The minimum Gasteiger partial charge on any atom is -0.393 e. The van der Waals surface area contributed by atoms with Crippen molar-refractivity contribution in [1.29, 1.82) is 0 Å². The molecule has 0 spiro atoms. The van der Waals surface area contributed by atoms with Gasteiger partial charge in [0.2, 0.25) is 5.91 Å². The highest BCUT2D eigenvalue weighted by Gasteiger charge is 2.35. The molecule has 0 aromatic heterocycles. The zero-order valence-electron chi connectivity index (χ0n) is 11.8. The van der Waals surface area contributed by atoms with E-state index >= 15 is 0 Å². The van der Waals surface area contributed by atoms with Crippen LogP contribution in [0.2, 0.25) is 0 Å². The zero-order valence-corrected chi connectivity index (χ0v) is 12.6. The van der Waals surface area contributed by atoms with E-state index in [0.29, 0.717) is 17.5 Å². The lowest BCUT2D eigenvalue weighted by atomic mass is 10.1. The Labute approximate surface area is 115 Å². The predicted octanol–water partition coefficient (Wildman–Crippen LogP) is 1.43. The van der Waals surface area contributed by atoms with E-state index in [-0.39, 0.29) is 17.5 Å². The summed E-state index contributed by atoms with van der Waals surface area (Å²) in [4.78, 5) is 14.9. The van der Waals surface area contributed by atoms with Crippen LogP contribution in [0.3, 0.4) is 0 Å². The van der Waals surface area contributed by atoms with Gasteiger partial charge < -0.3 is 11.1 Å². The average molecular weight is 271 g/mol. The first kappa shape index (κ1) is 15.4. The Bertz CT molecular complexity index is 321. The van der Waals surface area contributed by atoms with Crippen LogP contribution in [0.15, 0.2) is 0 Å². The van der Waals surface area contributed by atoms with Gasteiger partial charge in [0.05, 0.1) is 11.0 Å². The molecule has 0 aromatic carbocycles. The van der Waals surface area contributed by atoms with E-state index in [0.717, 1.165) is 6.54 Å². The molecule has 1 amide bonds. The van der Waals surface area contributed by atoms with E-state index in [1.54, 1.807) is 0 Å². The van der Waals surface area contributed by atoms with Gasteiger partial charge in [-0.05, 0) is 40.5 Å². The lowest BCUT2D eigenvalue weighted by Gasteiger charge is -2.31. The number of carbonyl (C=O) groups excluding carboxylic acids is 1. The number of amides is 1. The Kier molecular flexibility index (Phi) is 5.10. The summed E-state index contributed by atoms with van der Waals surface area (Å²) in [5, 5.41) is 3.02. The van der Waals surface area contributed by atoms with Gasteiger partial charge in [-0.25, -0.2) is 0 Å². The van der Waals surface area contributed by atoms with Gasteiger partial charge in [-0.15, -0.1) is 0 Å². The highest BCUT2D eigenvalue weighted by molar-refractivity contribution is 7.80. The smallest absolute Gasteiger partial charge is 0.237 e. The first-order valence-electron chi connectivity index (χ1n) is 6.57. The van der Waals surface area contributed by atoms with Crippen LogP contribution in [-0.2, 0) is 4.79 Å². The molecule has 0 bridgehead atoms. The SMILES string of the molecule is CC(C(=O)NC(C)(C)C)N(CCC(N)=S)C1CC1. The summed E-state index contributed by atoms with van der Waals surface area (Å²) in [5.74, 6) is 0.0809. The maximum atomic E-state index is 12.2. The molecule has 4 nitrogen and oxygen atoms in total. The minimum absolute atomic E-state index is 0.0809. The van der Waals surface area contributed by atoms with Crippen molar-refractivity contribution in [2.24, 2.45) is 5.73 Å². The van der Waals surface area contributed by atoms with Gasteiger partial charge in [0, 0.05) is 24.5 Å². The Balaban J connectivity index is 2.56. The Morgan fingerprint density at radius 3 is 2.44 bits per heavy atom. The van der Waals surface area contributed by atoms with Crippen molar-refractivity contribution in [3.8, 4) is 0 Å². The minimum atomic E-state index is -0.191. The molecule has 0 aliphatic heterocycles. The van der Waals surface area contributed by atoms with Crippen LogP contribution < -0.4 is 11.1 Å². The van der Waals surface area contributed by atoms with E-state index in [1.165, 1.54) is 12.8 Å². The number of carbonyl (C=O) groups is 1. The maximum absolute atomic E-state index is 12.2. The average Bonchev–Trinajstić information content (AvgIpc) is 2.98. The number of nitrogens with two attached hydrogens (primary N) is 1. The largest absolute Gasteiger partial charge is 0.393 e. The molecule has 1 aliphatic rings. The molecule has 0 radical (unpaired) electrons.